The monoisotopic (exact) mass is 335 g/mol. The summed E-state index contributed by atoms with van der Waals surface area (Å²) in [6.45, 7) is -0.881. The Kier molecular flexibility index (Phi) is 5.67. The van der Waals surface area contributed by atoms with Crippen molar-refractivity contribution in [1.29, 1.82) is 0 Å². The van der Waals surface area contributed by atoms with E-state index in [1.54, 1.807) is 6.07 Å². The predicted octanol–water partition coefficient (Wildman–Crippen LogP) is 0.351. The highest BCUT2D eigenvalue weighted by Crippen LogP contribution is 2.21. The first-order valence-corrected chi connectivity index (χ1v) is 7.21. The summed E-state index contributed by atoms with van der Waals surface area (Å²) in [4.78, 5) is 24.2. The van der Waals surface area contributed by atoms with E-state index in [0.717, 1.165) is 0 Å². The Labute approximate surface area is 137 Å². The van der Waals surface area contributed by atoms with Crippen LogP contribution in [0, 0.1) is 5.82 Å². The second-order valence-corrected chi connectivity index (χ2v) is 5.19. The lowest BCUT2D eigenvalue weighted by Crippen LogP contribution is -2.40. The first kappa shape index (κ1) is 17.6. The minimum absolute atomic E-state index is 0.0762. The van der Waals surface area contributed by atoms with Gasteiger partial charge in [-0.15, -0.1) is 0 Å². The molecule has 0 spiro atoms. The molecule has 7 nitrogen and oxygen atoms in total. The van der Waals surface area contributed by atoms with E-state index in [1.807, 2.05) is 0 Å². The van der Waals surface area contributed by atoms with E-state index in [1.165, 1.54) is 42.1 Å². The minimum atomic E-state index is -0.837. The van der Waals surface area contributed by atoms with Crippen LogP contribution in [0.3, 0.4) is 0 Å². The van der Waals surface area contributed by atoms with Gasteiger partial charge in [-0.2, -0.15) is 0 Å². The number of aryl methyl sites for hydroxylation is 1. The number of carbonyl (C=O) groups excluding carboxylic acids is 1. The molecule has 4 N–H and O–H groups in total. The lowest BCUT2D eigenvalue weighted by atomic mass is 10.2. The number of aliphatic hydroxyl groups excluding tert-OH is 2. The molecule has 2 aromatic rings. The molecule has 2 rings (SSSR count). The molecule has 1 heterocycles. The fraction of sp³-hybridized carbons (Fsp3) is 0.250. The van der Waals surface area contributed by atoms with Crippen molar-refractivity contribution in [1.82, 2.24) is 9.88 Å². The molecule has 0 aliphatic heterocycles. The van der Waals surface area contributed by atoms with Crippen molar-refractivity contribution in [3.05, 3.63) is 58.3 Å². The number of halogens is 1. The zero-order valence-corrected chi connectivity index (χ0v) is 13.0. The van der Waals surface area contributed by atoms with Gasteiger partial charge < -0.3 is 25.4 Å². The lowest BCUT2D eigenvalue weighted by Gasteiger charge is -2.17. The fourth-order valence-electron chi connectivity index (χ4n) is 2.03. The van der Waals surface area contributed by atoms with Gasteiger partial charge in [-0.1, -0.05) is 12.1 Å². The number of rotatable bonds is 6. The summed E-state index contributed by atoms with van der Waals surface area (Å²) in [5.74, 6) is -1.15. The van der Waals surface area contributed by atoms with Crippen molar-refractivity contribution < 1.29 is 19.4 Å². The van der Waals surface area contributed by atoms with Gasteiger partial charge in [0.2, 0.25) is 0 Å². The molecule has 1 amide bonds. The molecule has 24 heavy (non-hydrogen) atoms. The van der Waals surface area contributed by atoms with Crippen LogP contribution in [-0.4, -0.2) is 39.9 Å². The average Bonchev–Trinajstić information content (AvgIpc) is 2.57. The van der Waals surface area contributed by atoms with Gasteiger partial charge in [-0.3, -0.25) is 9.59 Å². The van der Waals surface area contributed by atoms with Crippen LogP contribution in [0.1, 0.15) is 10.4 Å². The van der Waals surface area contributed by atoms with E-state index in [2.05, 4.69) is 10.6 Å². The number of anilines is 2. The van der Waals surface area contributed by atoms with Crippen molar-refractivity contribution in [3.8, 4) is 0 Å². The largest absolute Gasteiger partial charge is 0.394 e. The number of aliphatic hydroxyl groups is 2. The van der Waals surface area contributed by atoms with Crippen LogP contribution in [0.25, 0.3) is 0 Å². The normalized spacial score (nSPS) is 10.7. The maximum absolute atomic E-state index is 13.8. The molecule has 1 aromatic heterocycles. The molecule has 0 radical (unpaired) electrons. The number of aromatic nitrogens is 1. The van der Waals surface area contributed by atoms with Crippen molar-refractivity contribution >= 4 is 17.3 Å². The maximum Gasteiger partial charge on any atom is 0.255 e. The Morgan fingerprint density at radius 3 is 2.54 bits per heavy atom. The van der Waals surface area contributed by atoms with Gasteiger partial charge in [0.25, 0.3) is 11.5 Å². The highest BCUT2D eigenvalue weighted by Gasteiger charge is 2.18. The number of hydrogen-bond donors (Lipinski definition) is 4. The topological polar surface area (TPSA) is 104 Å². The van der Waals surface area contributed by atoms with Gasteiger partial charge in [-0.25, -0.2) is 4.39 Å². The van der Waals surface area contributed by atoms with E-state index in [9.17, 15) is 14.0 Å². The lowest BCUT2D eigenvalue weighted by molar-refractivity contribution is 0.0879. The van der Waals surface area contributed by atoms with Crippen LogP contribution in [0.4, 0.5) is 15.8 Å². The van der Waals surface area contributed by atoms with Crippen LogP contribution in [0.15, 0.2) is 41.3 Å². The van der Waals surface area contributed by atoms with E-state index in [-0.39, 0.29) is 22.5 Å². The number of benzene rings is 1. The van der Waals surface area contributed by atoms with Crippen LogP contribution in [0.5, 0.6) is 0 Å². The highest BCUT2D eigenvalue weighted by molar-refractivity contribution is 6.00. The van der Waals surface area contributed by atoms with E-state index < -0.39 is 31.0 Å². The second-order valence-electron chi connectivity index (χ2n) is 5.19. The summed E-state index contributed by atoms with van der Waals surface area (Å²) in [6, 6.07) is 6.19. The molecule has 0 saturated carbocycles. The Bertz CT molecular complexity index is 787. The zero-order chi connectivity index (χ0) is 17.7. The standard InChI is InChI=1S/C16H18FN3O4/c1-20-7-11(16(24)18-10(8-21)9-22)14(6-15(20)23)19-13-5-3-2-4-12(13)17/h2-7,10,19,21-22H,8-9H2,1H3,(H,18,24). The smallest absolute Gasteiger partial charge is 0.255 e. The number of hydrogen-bond acceptors (Lipinski definition) is 5. The summed E-state index contributed by atoms with van der Waals surface area (Å²) >= 11 is 0. The third kappa shape index (κ3) is 3.98. The Hall–Kier alpha value is -2.71. The van der Waals surface area contributed by atoms with Crippen molar-refractivity contribution in [2.45, 2.75) is 6.04 Å². The van der Waals surface area contributed by atoms with Gasteiger partial charge in [0, 0.05) is 19.3 Å². The molecule has 0 bridgehead atoms. The van der Waals surface area contributed by atoms with Crippen LogP contribution < -0.4 is 16.2 Å². The first-order valence-electron chi connectivity index (χ1n) is 7.21. The number of amides is 1. The third-order valence-corrected chi connectivity index (χ3v) is 3.39. The molecule has 0 unspecified atom stereocenters. The molecule has 0 aliphatic carbocycles. The summed E-state index contributed by atoms with van der Waals surface area (Å²) < 4.78 is 15.0. The van der Waals surface area contributed by atoms with Crippen molar-refractivity contribution in [2.24, 2.45) is 7.05 Å². The van der Waals surface area contributed by atoms with Gasteiger partial charge in [0.1, 0.15) is 5.82 Å². The number of nitrogens with one attached hydrogen (secondary N) is 2. The molecule has 128 valence electrons. The van der Waals surface area contributed by atoms with E-state index in [4.69, 9.17) is 10.2 Å². The third-order valence-electron chi connectivity index (χ3n) is 3.39. The van der Waals surface area contributed by atoms with Crippen LogP contribution in [-0.2, 0) is 7.05 Å². The van der Waals surface area contributed by atoms with Gasteiger partial charge in [0.15, 0.2) is 0 Å². The number of carbonyl (C=O) groups is 1. The SMILES string of the molecule is Cn1cc(C(=O)NC(CO)CO)c(Nc2ccccc2F)cc1=O. The molecule has 1 aromatic carbocycles. The van der Waals surface area contributed by atoms with Crippen LogP contribution in [0.2, 0.25) is 0 Å². The maximum atomic E-state index is 13.8. The second kappa shape index (κ2) is 7.71. The summed E-state index contributed by atoms with van der Waals surface area (Å²) in [5.41, 5.74) is -0.0745. The van der Waals surface area contributed by atoms with Gasteiger partial charge in [0.05, 0.1) is 36.2 Å². The molecule has 0 aliphatic rings. The van der Waals surface area contributed by atoms with Gasteiger partial charge >= 0.3 is 0 Å². The number of nitrogens with zero attached hydrogens (tertiary/aromatic N) is 1. The minimum Gasteiger partial charge on any atom is -0.394 e. The Morgan fingerprint density at radius 2 is 1.92 bits per heavy atom. The highest BCUT2D eigenvalue weighted by atomic mass is 19.1. The van der Waals surface area contributed by atoms with E-state index >= 15 is 0 Å². The Morgan fingerprint density at radius 1 is 1.25 bits per heavy atom. The predicted molar refractivity (Wildman–Crippen MR) is 86.8 cm³/mol. The molecule has 8 heteroatoms. The molecule has 0 atom stereocenters. The summed E-state index contributed by atoms with van der Waals surface area (Å²) in [5, 5.41) is 23.3. The molecular formula is C16H18FN3O4. The van der Waals surface area contributed by atoms with Crippen LogP contribution >= 0.6 is 0 Å². The fourth-order valence-corrected chi connectivity index (χ4v) is 2.03. The molecular weight excluding hydrogens is 317 g/mol. The van der Waals surface area contributed by atoms with Crippen molar-refractivity contribution in [3.63, 3.8) is 0 Å². The number of para-hydroxylation sites is 1. The van der Waals surface area contributed by atoms with E-state index in [0.29, 0.717) is 0 Å². The summed E-state index contributed by atoms with van der Waals surface area (Å²) in [6.07, 6.45) is 1.30. The quantitative estimate of drug-likeness (QED) is 0.610. The Balaban J connectivity index is 2.40. The summed E-state index contributed by atoms with van der Waals surface area (Å²) in [7, 11) is 1.47. The molecule has 0 fully saturated rings. The average molecular weight is 335 g/mol. The molecule has 0 saturated heterocycles. The number of pyridine rings is 1. The first-order chi connectivity index (χ1) is 11.5. The zero-order valence-electron chi connectivity index (χ0n) is 13.0. The van der Waals surface area contributed by atoms with Gasteiger partial charge in [-0.05, 0) is 12.1 Å². The van der Waals surface area contributed by atoms with Crippen molar-refractivity contribution in [2.75, 3.05) is 18.5 Å².